The predicted molar refractivity (Wildman–Crippen MR) is 87.9 cm³/mol. The number of ether oxygens (including phenoxy) is 1. The summed E-state index contributed by atoms with van der Waals surface area (Å²) >= 11 is 0. The van der Waals surface area contributed by atoms with Gasteiger partial charge in [-0.3, -0.25) is 0 Å². The highest BCUT2D eigenvalue weighted by atomic mass is 19.1. The number of hydrogen-bond donors (Lipinski definition) is 0. The second-order valence-corrected chi connectivity index (χ2v) is 5.32. The van der Waals surface area contributed by atoms with Crippen LogP contribution in [-0.4, -0.2) is 19.7 Å². The summed E-state index contributed by atoms with van der Waals surface area (Å²) in [6, 6.07) is 14.3. The Labute approximate surface area is 137 Å². The molecule has 0 fully saturated rings. The van der Waals surface area contributed by atoms with Crippen molar-refractivity contribution in [2.75, 3.05) is 0 Å². The molecular weight excluding hydrogens is 307 g/mol. The SMILES string of the molecule is Cc1cc(Oc2ncnc3c2cnn3-c2ccccc2)ccc1F. The molecular formula is C18H13FN4O. The molecule has 2 aromatic heterocycles. The van der Waals surface area contributed by atoms with Crippen molar-refractivity contribution < 1.29 is 9.13 Å². The molecule has 0 N–H and O–H groups in total. The second-order valence-electron chi connectivity index (χ2n) is 5.32. The molecule has 0 amide bonds. The van der Waals surface area contributed by atoms with E-state index in [-0.39, 0.29) is 5.82 Å². The highest BCUT2D eigenvalue weighted by Gasteiger charge is 2.13. The first-order valence-corrected chi connectivity index (χ1v) is 7.40. The molecule has 0 unspecified atom stereocenters. The van der Waals surface area contributed by atoms with Gasteiger partial charge >= 0.3 is 0 Å². The van der Waals surface area contributed by atoms with Crippen molar-refractivity contribution in [3.05, 3.63) is 72.4 Å². The lowest BCUT2D eigenvalue weighted by molar-refractivity contribution is 0.465. The number of para-hydroxylation sites is 1. The third-order valence-corrected chi connectivity index (χ3v) is 3.67. The van der Waals surface area contributed by atoms with Crippen LogP contribution in [0, 0.1) is 12.7 Å². The summed E-state index contributed by atoms with van der Waals surface area (Å²) in [6.07, 6.45) is 3.09. The van der Waals surface area contributed by atoms with E-state index in [9.17, 15) is 4.39 Å². The number of fused-ring (bicyclic) bond motifs is 1. The zero-order valence-electron chi connectivity index (χ0n) is 12.8. The molecule has 0 aliphatic carbocycles. The zero-order valence-corrected chi connectivity index (χ0v) is 12.8. The third-order valence-electron chi connectivity index (χ3n) is 3.67. The molecule has 0 radical (unpaired) electrons. The summed E-state index contributed by atoms with van der Waals surface area (Å²) in [5.41, 5.74) is 2.05. The first kappa shape index (κ1) is 14.3. The Morgan fingerprint density at radius 2 is 1.88 bits per heavy atom. The van der Waals surface area contributed by atoms with E-state index in [1.54, 1.807) is 29.9 Å². The van der Waals surface area contributed by atoms with Gasteiger partial charge in [0.15, 0.2) is 5.65 Å². The topological polar surface area (TPSA) is 52.8 Å². The maximum atomic E-state index is 13.4. The minimum atomic E-state index is -0.271. The van der Waals surface area contributed by atoms with E-state index in [4.69, 9.17) is 4.74 Å². The van der Waals surface area contributed by atoms with E-state index in [2.05, 4.69) is 15.1 Å². The molecule has 6 heteroatoms. The van der Waals surface area contributed by atoms with Gasteiger partial charge in [0.05, 0.1) is 11.9 Å². The quantitative estimate of drug-likeness (QED) is 0.571. The van der Waals surface area contributed by atoms with Crippen LogP contribution in [0.3, 0.4) is 0 Å². The van der Waals surface area contributed by atoms with Crippen molar-refractivity contribution >= 4 is 11.0 Å². The minimum absolute atomic E-state index is 0.271. The van der Waals surface area contributed by atoms with E-state index in [0.29, 0.717) is 28.2 Å². The van der Waals surface area contributed by atoms with Gasteiger partial charge in [-0.05, 0) is 42.8 Å². The van der Waals surface area contributed by atoms with Gasteiger partial charge in [-0.1, -0.05) is 18.2 Å². The van der Waals surface area contributed by atoms with E-state index < -0.39 is 0 Å². The standard InChI is InChI=1S/C18H13FN4O/c1-12-9-14(7-8-16(12)19)24-18-15-10-22-23(17(15)20-11-21-18)13-5-3-2-4-6-13/h2-11H,1H3. The molecule has 0 aliphatic heterocycles. The number of aromatic nitrogens is 4. The van der Waals surface area contributed by atoms with Crippen LogP contribution >= 0.6 is 0 Å². The molecule has 4 rings (SSSR count). The fourth-order valence-electron chi connectivity index (χ4n) is 2.45. The van der Waals surface area contributed by atoms with Gasteiger partial charge in [0, 0.05) is 0 Å². The smallest absolute Gasteiger partial charge is 0.233 e. The van der Waals surface area contributed by atoms with Crippen molar-refractivity contribution in [2.45, 2.75) is 6.92 Å². The monoisotopic (exact) mass is 320 g/mol. The molecule has 2 aromatic carbocycles. The van der Waals surface area contributed by atoms with Crippen LogP contribution in [0.5, 0.6) is 11.6 Å². The lowest BCUT2D eigenvalue weighted by Crippen LogP contribution is -1.98. The fourth-order valence-corrected chi connectivity index (χ4v) is 2.45. The molecule has 0 spiro atoms. The molecule has 24 heavy (non-hydrogen) atoms. The van der Waals surface area contributed by atoms with Gasteiger partial charge in [0.2, 0.25) is 5.88 Å². The Morgan fingerprint density at radius 3 is 2.67 bits per heavy atom. The van der Waals surface area contributed by atoms with Crippen molar-refractivity contribution in [3.8, 4) is 17.3 Å². The number of halogens is 1. The summed E-state index contributed by atoms with van der Waals surface area (Å²) < 4.78 is 20.9. The summed E-state index contributed by atoms with van der Waals surface area (Å²) in [7, 11) is 0. The summed E-state index contributed by atoms with van der Waals surface area (Å²) in [4.78, 5) is 8.48. The number of aryl methyl sites for hydroxylation is 1. The molecule has 2 heterocycles. The van der Waals surface area contributed by atoms with Crippen LogP contribution in [0.1, 0.15) is 5.56 Å². The summed E-state index contributed by atoms with van der Waals surface area (Å²) in [6.45, 7) is 1.69. The number of nitrogens with zero attached hydrogens (tertiary/aromatic N) is 4. The maximum absolute atomic E-state index is 13.4. The van der Waals surface area contributed by atoms with Crippen molar-refractivity contribution in [1.29, 1.82) is 0 Å². The first-order valence-electron chi connectivity index (χ1n) is 7.40. The van der Waals surface area contributed by atoms with E-state index >= 15 is 0 Å². The number of rotatable bonds is 3. The van der Waals surface area contributed by atoms with Crippen LogP contribution in [0.2, 0.25) is 0 Å². The van der Waals surface area contributed by atoms with Crippen molar-refractivity contribution in [1.82, 2.24) is 19.7 Å². The highest BCUT2D eigenvalue weighted by molar-refractivity contribution is 5.81. The lowest BCUT2D eigenvalue weighted by Gasteiger charge is -2.07. The molecule has 4 aromatic rings. The van der Waals surface area contributed by atoms with Crippen LogP contribution in [0.15, 0.2) is 61.1 Å². The second kappa shape index (κ2) is 5.73. The largest absolute Gasteiger partial charge is 0.438 e. The highest BCUT2D eigenvalue weighted by Crippen LogP contribution is 2.28. The van der Waals surface area contributed by atoms with E-state index in [0.717, 1.165) is 5.69 Å². The van der Waals surface area contributed by atoms with Crippen LogP contribution in [0.4, 0.5) is 4.39 Å². The van der Waals surface area contributed by atoms with Gasteiger partial charge in [-0.15, -0.1) is 0 Å². The Hall–Kier alpha value is -3.28. The normalized spacial score (nSPS) is 10.9. The molecule has 0 atom stereocenters. The minimum Gasteiger partial charge on any atom is -0.438 e. The summed E-state index contributed by atoms with van der Waals surface area (Å²) in [5, 5.41) is 5.06. The van der Waals surface area contributed by atoms with Crippen LogP contribution in [-0.2, 0) is 0 Å². The van der Waals surface area contributed by atoms with Gasteiger partial charge in [-0.25, -0.2) is 19.0 Å². The number of benzene rings is 2. The Kier molecular flexibility index (Phi) is 3.42. The van der Waals surface area contributed by atoms with Crippen molar-refractivity contribution in [2.24, 2.45) is 0 Å². The van der Waals surface area contributed by atoms with E-state index in [1.807, 2.05) is 30.3 Å². The molecule has 0 aliphatic rings. The average molecular weight is 320 g/mol. The lowest BCUT2D eigenvalue weighted by atomic mass is 10.2. The van der Waals surface area contributed by atoms with E-state index in [1.165, 1.54) is 12.4 Å². The predicted octanol–water partition coefficient (Wildman–Crippen LogP) is 4.06. The maximum Gasteiger partial charge on any atom is 0.233 e. The van der Waals surface area contributed by atoms with Gasteiger partial charge < -0.3 is 4.74 Å². The Bertz CT molecular complexity index is 1010. The molecule has 0 bridgehead atoms. The fraction of sp³-hybridized carbons (Fsp3) is 0.0556. The molecule has 0 saturated heterocycles. The van der Waals surface area contributed by atoms with Crippen molar-refractivity contribution in [3.63, 3.8) is 0 Å². The van der Waals surface area contributed by atoms with Crippen LogP contribution in [0.25, 0.3) is 16.7 Å². The summed E-state index contributed by atoms with van der Waals surface area (Å²) in [5.74, 6) is 0.627. The van der Waals surface area contributed by atoms with Gasteiger partial charge in [0.25, 0.3) is 0 Å². The van der Waals surface area contributed by atoms with Gasteiger partial charge in [-0.2, -0.15) is 5.10 Å². The third kappa shape index (κ3) is 2.48. The first-order chi connectivity index (χ1) is 11.7. The molecule has 5 nitrogen and oxygen atoms in total. The van der Waals surface area contributed by atoms with Crippen LogP contribution < -0.4 is 4.74 Å². The molecule has 0 saturated carbocycles. The van der Waals surface area contributed by atoms with Gasteiger partial charge in [0.1, 0.15) is 23.3 Å². The average Bonchev–Trinajstić information content (AvgIpc) is 3.04. The molecule has 118 valence electrons. The Balaban J connectivity index is 1.77. The zero-order chi connectivity index (χ0) is 16.5. The Morgan fingerprint density at radius 1 is 1.04 bits per heavy atom. The number of hydrogen-bond acceptors (Lipinski definition) is 4.